The minimum absolute atomic E-state index is 0.501. The van der Waals surface area contributed by atoms with Gasteiger partial charge in [-0.1, -0.05) is 0 Å². The van der Waals surface area contributed by atoms with Crippen LogP contribution in [0.4, 0.5) is 11.6 Å². The van der Waals surface area contributed by atoms with Gasteiger partial charge in [-0.2, -0.15) is 0 Å². The number of rotatable bonds is 4. The molecule has 1 unspecified atom stereocenters. The zero-order valence-electron chi connectivity index (χ0n) is 10.5. The number of anilines is 2. The van der Waals surface area contributed by atoms with Gasteiger partial charge in [0, 0.05) is 32.2 Å². The average molecular weight is 312 g/mol. The standard InChI is InChI=1S/C12H18BrN5/c1-14-11-10(13)12(16-7-15-11)17-8-4-5-18(6-8)9-2-3-9/h7-9H,2-6H2,1H3,(H2,14,15,16,17). The van der Waals surface area contributed by atoms with Crippen molar-refractivity contribution in [2.24, 2.45) is 0 Å². The molecule has 6 heteroatoms. The molecule has 1 atom stereocenters. The largest absolute Gasteiger partial charge is 0.372 e. The lowest BCUT2D eigenvalue weighted by Gasteiger charge is -2.17. The van der Waals surface area contributed by atoms with Crippen LogP contribution in [-0.2, 0) is 0 Å². The van der Waals surface area contributed by atoms with E-state index in [2.05, 4.69) is 41.4 Å². The number of nitrogens with one attached hydrogen (secondary N) is 2. The van der Waals surface area contributed by atoms with Crippen molar-refractivity contribution in [2.75, 3.05) is 30.8 Å². The molecular weight excluding hydrogens is 294 g/mol. The highest BCUT2D eigenvalue weighted by atomic mass is 79.9. The molecule has 0 spiro atoms. The maximum absolute atomic E-state index is 4.31. The van der Waals surface area contributed by atoms with Crippen LogP contribution in [0.1, 0.15) is 19.3 Å². The molecule has 1 saturated heterocycles. The summed E-state index contributed by atoms with van der Waals surface area (Å²) in [6.45, 7) is 2.35. The van der Waals surface area contributed by atoms with Crippen molar-refractivity contribution in [3.05, 3.63) is 10.8 Å². The second kappa shape index (κ2) is 5.01. The van der Waals surface area contributed by atoms with Gasteiger partial charge in [-0.05, 0) is 35.2 Å². The molecule has 1 saturated carbocycles. The van der Waals surface area contributed by atoms with Crippen LogP contribution in [0, 0.1) is 0 Å². The van der Waals surface area contributed by atoms with Crippen LogP contribution in [0.15, 0.2) is 10.8 Å². The van der Waals surface area contributed by atoms with Gasteiger partial charge < -0.3 is 10.6 Å². The first-order chi connectivity index (χ1) is 8.78. The lowest BCUT2D eigenvalue weighted by Crippen LogP contribution is -2.28. The Kier molecular flexibility index (Phi) is 3.39. The van der Waals surface area contributed by atoms with Crippen LogP contribution in [0.25, 0.3) is 0 Å². The highest BCUT2D eigenvalue weighted by molar-refractivity contribution is 9.10. The van der Waals surface area contributed by atoms with Gasteiger partial charge in [0.15, 0.2) is 0 Å². The van der Waals surface area contributed by atoms with E-state index in [0.29, 0.717) is 6.04 Å². The van der Waals surface area contributed by atoms with Gasteiger partial charge in [0.2, 0.25) is 0 Å². The van der Waals surface area contributed by atoms with Crippen molar-refractivity contribution in [1.82, 2.24) is 14.9 Å². The van der Waals surface area contributed by atoms with Gasteiger partial charge in [-0.25, -0.2) is 9.97 Å². The molecule has 2 fully saturated rings. The SMILES string of the molecule is CNc1ncnc(NC2CCN(C3CC3)C2)c1Br. The summed E-state index contributed by atoms with van der Waals surface area (Å²) in [5.41, 5.74) is 0. The molecule has 5 nitrogen and oxygen atoms in total. The van der Waals surface area contributed by atoms with Crippen LogP contribution in [-0.4, -0.2) is 47.1 Å². The van der Waals surface area contributed by atoms with Crippen molar-refractivity contribution in [2.45, 2.75) is 31.3 Å². The van der Waals surface area contributed by atoms with Crippen LogP contribution < -0.4 is 10.6 Å². The van der Waals surface area contributed by atoms with E-state index in [4.69, 9.17) is 0 Å². The van der Waals surface area contributed by atoms with Crippen molar-refractivity contribution in [3.63, 3.8) is 0 Å². The van der Waals surface area contributed by atoms with E-state index < -0.39 is 0 Å². The topological polar surface area (TPSA) is 53.1 Å². The van der Waals surface area contributed by atoms with E-state index >= 15 is 0 Å². The number of halogens is 1. The van der Waals surface area contributed by atoms with Crippen molar-refractivity contribution < 1.29 is 0 Å². The first-order valence-electron chi connectivity index (χ1n) is 6.46. The summed E-state index contributed by atoms with van der Waals surface area (Å²) in [7, 11) is 1.86. The van der Waals surface area contributed by atoms with E-state index in [-0.39, 0.29) is 0 Å². The van der Waals surface area contributed by atoms with Crippen molar-refractivity contribution in [3.8, 4) is 0 Å². The number of aromatic nitrogens is 2. The third-order valence-corrected chi connectivity index (χ3v) is 4.40. The van der Waals surface area contributed by atoms with Crippen LogP contribution in [0.3, 0.4) is 0 Å². The minimum Gasteiger partial charge on any atom is -0.372 e. The van der Waals surface area contributed by atoms with Gasteiger partial charge in [-0.15, -0.1) is 0 Å². The fraction of sp³-hybridized carbons (Fsp3) is 0.667. The zero-order valence-corrected chi connectivity index (χ0v) is 12.1. The Morgan fingerprint density at radius 1 is 1.28 bits per heavy atom. The number of likely N-dealkylation sites (tertiary alicyclic amines) is 1. The summed E-state index contributed by atoms with van der Waals surface area (Å²) in [5, 5.41) is 6.57. The number of nitrogens with zero attached hydrogens (tertiary/aromatic N) is 3. The molecule has 1 aliphatic heterocycles. The van der Waals surface area contributed by atoms with E-state index in [0.717, 1.165) is 28.7 Å². The Bertz CT molecular complexity index is 434. The van der Waals surface area contributed by atoms with Gasteiger partial charge >= 0.3 is 0 Å². The first kappa shape index (κ1) is 12.2. The summed E-state index contributed by atoms with van der Waals surface area (Å²) in [6, 6.07) is 1.36. The van der Waals surface area contributed by atoms with E-state index in [9.17, 15) is 0 Å². The Hall–Kier alpha value is -0.880. The van der Waals surface area contributed by atoms with E-state index in [1.807, 2.05) is 7.05 Å². The lowest BCUT2D eigenvalue weighted by atomic mass is 10.2. The highest BCUT2D eigenvalue weighted by Gasteiger charge is 2.34. The fourth-order valence-electron chi connectivity index (χ4n) is 2.51. The Morgan fingerprint density at radius 3 is 2.78 bits per heavy atom. The molecule has 0 radical (unpaired) electrons. The molecule has 2 aliphatic rings. The predicted molar refractivity (Wildman–Crippen MR) is 75.9 cm³/mol. The third-order valence-electron chi connectivity index (χ3n) is 3.65. The van der Waals surface area contributed by atoms with Crippen molar-refractivity contribution >= 4 is 27.6 Å². The van der Waals surface area contributed by atoms with Gasteiger partial charge in [0.1, 0.15) is 22.4 Å². The Morgan fingerprint density at radius 2 is 2.06 bits per heavy atom. The number of hydrogen-bond donors (Lipinski definition) is 2. The smallest absolute Gasteiger partial charge is 0.146 e. The van der Waals surface area contributed by atoms with E-state index in [1.54, 1.807) is 6.33 Å². The first-order valence-corrected chi connectivity index (χ1v) is 7.26. The second-order valence-electron chi connectivity index (χ2n) is 4.99. The summed E-state index contributed by atoms with van der Waals surface area (Å²) < 4.78 is 0.914. The Balaban J connectivity index is 1.65. The molecule has 0 aromatic carbocycles. The molecular formula is C12H18BrN5. The molecule has 1 aromatic heterocycles. The molecule has 98 valence electrons. The zero-order chi connectivity index (χ0) is 12.5. The molecule has 1 aromatic rings. The van der Waals surface area contributed by atoms with Crippen LogP contribution >= 0.6 is 15.9 Å². The Labute approximate surface area is 116 Å². The third kappa shape index (κ3) is 2.44. The molecule has 2 N–H and O–H groups in total. The van der Waals surface area contributed by atoms with E-state index in [1.165, 1.54) is 25.8 Å². The summed E-state index contributed by atoms with van der Waals surface area (Å²) in [5.74, 6) is 1.71. The maximum Gasteiger partial charge on any atom is 0.146 e. The summed E-state index contributed by atoms with van der Waals surface area (Å²) >= 11 is 3.54. The minimum atomic E-state index is 0.501. The predicted octanol–water partition coefficient (Wildman–Crippen LogP) is 1.93. The highest BCUT2D eigenvalue weighted by Crippen LogP contribution is 2.32. The lowest BCUT2D eigenvalue weighted by molar-refractivity contribution is 0.326. The number of hydrogen-bond acceptors (Lipinski definition) is 5. The molecule has 2 heterocycles. The maximum atomic E-state index is 4.31. The van der Waals surface area contributed by atoms with Crippen molar-refractivity contribution in [1.29, 1.82) is 0 Å². The van der Waals surface area contributed by atoms with Gasteiger partial charge in [-0.3, -0.25) is 4.90 Å². The quantitative estimate of drug-likeness (QED) is 0.890. The van der Waals surface area contributed by atoms with Gasteiger partial charge in [0.05, 0.1) is 0 Å². The molecule has 18 heavy (non-hydrogen) atoms. The second-order valence-corrected chi connectivity index (χ2v) is 5.78. The van der Waals surface area contributed by atoms with Crippen LogP contribution in [0.2, 0.25) is 0 Å². The molecule has 1 aliphatic carbocycles. The molecule has 0 amide bonds. The fourth-order valence-corrected chi connectivity index (χ4v) is 3.03. The average Bonchev–Trinajstić information content (AvgIpc) is 3.13. The van der Waals surface area contributed by atoms with Gasteiger partial charge in [0.25, 0.3) is 0 Å². The normalized spacial score (nSPS) is 24.2. The molecule has 3 rings (SSSR count). The summed E-state index contributed by atoms with van der Waals surface area (Å²) in [4.78, 5) is 11.1. The molecule has 0 bridgehead atoms. The monoisotopic (exact) mass is 311 g/mol. The summed E-state index contributed by atoms with van der Waals surface area (Å²) in [6.07, 6.45) is 5.55. The van der Waals surface area contributed by atoms with Crippen LogP contribution in [0.5, 0.6) is 0 Å².